The summed E-state index contributed by atoms with van der Waals surface area (Å²) in [6.45, 7) is 8.09. The summed E-state index contributed by atoms with van der Waals surface area (Å²) in [7, 11) is 0. The lowest BCUT2D eigenvalue weighted by Gasteiger charge is -2.23. The molecule has 0 aliphatic carbocycles. The topological polar surface area (TPSA) is 20.3 Å². The van der Waals surface area contributed by atoms with E-state index in [0.717, 1.165) is 25.9 Å². The van der Waals surface area contributed by atoms with Crippen LogP contribution in [0.4, 0.5) is 0 Å². The highest BCUT2D eigenvalue weighted by molar-refractivity contribution is 6.17. The van der Waals surface area contributed by atoms with Crippen molar-refractivity contribution in [3.63, 3.8) is 0 Å². The fourth-order valence-electron chi connectivity index (χ4n) is 2.00. The largest absolute Gasteiger partial charge is 0.342 e. The Morgan fingerprint density at radius 2 is 2.13 bits per heavy atom. The van der Waals surface area contributed by atoms with Crippen LogP contribution >= 0.6 is 11.6 Å². The molecule has 1 rings (SSSR count). The van der Waals surface area contributed by atoms with Crippen LogP contribution in [0.5, 0.6) is 0 Å². The van der Waals surface area contributed by atoms with Crippen LogP contribution in [0.1, 0.15) is 33.6 Å². The van der Waals surface area contributed by atoms with Gasteiger partial charge in [0.25, 0.3) is 0 Å². The highest BCUT2D eigenvalue weighted by Gasteiger charge is 2.29. The zero-order chi connectivity index (χ0) is 11.4. The quantitative estimate of drug-likeness (QED) is 0.682. The van der Waals surface area contributed by atoms with Gasteiger partial charge in [0.2, 0.25) is 5.91 Å². The van der Waals surface area contributed by atoms with Gasteiger partial charge in [-0.2, -0.15) is 0 Å². The molecule has 0 bridgehead atoms. The second kappa shape index (κ2) is 5.74. The minimum absolute atomic E-state index is 0.153. The minimum atomic E-state index is 0.153. The van der Waals surface area contributed by atoms with Crippen molar-refractivity contribution < 1.29 is 4.79 Å². The number of nitrogens with zero attached hydrogens (tertiary/aromatic N) is 1. The Kier molecular flexibility index (Phi) is 4.91. The van der Waals surface area contributed by atoms with Gasteiger partial charge in [-0.15, -0.1) is 11.6 Å². The van der Waals surface area contributed by atoms with Crippen molar-refractivity contribution in [3.8, 4) is 0 Å². The maximum atomic E-state index is 12.0. The number of amides is 1. The molecule has 3 heteroatoms. The van der Waals surface area contributed by atoms with E-state index >= 15 is 0 Å². The molecule has 0 spiro atoms. The standard InChI is InChI=1S/C12H22ClNO/c1-9(2)10(3)12(15)14-7-5-11(8-14)4-6-13/h9-11H,4-8H2,1-3H3. The lowest BCUT2D eigenvalue weighted by atomic mass is 9.97. The number of alkyl halides is 1. The lowest BCUT2D eigenvalue weighted by Crippen LogP contribution is -2.35. The molecule has 0 radical (unpaired) electrons. The van der Waals surface area contributed by atoms with Crippen LogP contribution in [0.3, 0.4) is 0 Å². The number of likely N-dealkylation sites (tertiary alicyclic amines) is 1. The van der Waals surface area contributed by atoms with Crippen molar-refractivity contribution in [1.82, 2.24) is 4.90 Å². The molecule has 0 aromatic carbocycles. The van der Waals surface area contributed by atoms with Gasteiger partial charge >= 0.3 is 0 Å². The van der Waals surface area contributed by atoms with Gasteiger partial charge in [-0.3, -0.25) is 4.79 Å². The Morgan fingerprint density at radius 3 is 2.67 bits per heavy atom. The van der Waals surface area contributed by atoms with E-state index in [1.54, 1.807) is 0 Å². The predicted octanol–water partition coefficient (Wildman–Crippen LogP) is 2.76. The molecular weight excluding hydrogens is 210 g/mol. The van der Waals surface area contributed by atoms with Crippen LogP contribution in [0.15, 0.2) is 0 Å². The van der Waals surface area contributed by atoms with Gasteiger partial charge in [0.1, 0.15) is 0 Å². The first-order valence-corrected chi connectivity index (χ1v) is 6.44. The summed E-state index contributed by atoms with van der Waals surface area (Å²) in [5, 5.41) is 0. The van der Waals surface area contributed by atoms with Gasteiger partial charge in [-0.05, 0) is 24.7 Å². The Labute approximate surface area is 98.0 Å². The summed E-state index contributed by atoms with van der Waals surface area (Å²) >= 11 is 5.72. The first-order valence-electron chi connectivity index (χ1n) is 5.91. The zero-order valence-corrected chi connectivity index (χ0v) is 10.8. The van der Waals surface area contributed by atoms with Crippen LogP contribution in [0.25, 0.3) is 0 Å². The van der Waals surface area contributed by atoms with E-state index in [-0.39, 0.29) is 5.92 Å². The highest BCUT2D eigenvalue weighted by Crippen LogP contribution is 2.23. The van der Waals surface area contributed by atoms with Gasteiger partial charge < -0.3 is 4.90 Å². The fraction of sp³-hybridized carbons (Fsp3) is 0.917. The molecule has 15 heavy (non-hydrogen) atoms. The maximum absolute atomic E-state index is 12.0. The molecule has 0 aromatic rings. The van der Waals surface area contributed by atoms with Crippen LogP contribution < -0.4 is 0 Å². The first kappa shape index (κ1) is 12.8. The van der Waals surface area contributed by atoms with Crippen molar-refractivity contribution >= 4 is 17.5 Å². The van der Waals surface area contributed by atoms with Crippen molar-refractivity contribution in [3.05, 3.63) is 0 Å². The summed E-state index contributed by atoms with van der Waals surface area (Å²) in [6, 6.07) is 0. The van der Waals surface area contributed by atoms with E-state index in [9.17, 15) is 4.79 Å². The Balaban J connectivity index is 2.43. The van der Waals surface area contributed by atoms with Crippen molar-refractivity contribution in [2.24, 2.45) is 17.8 Å². The SMILES string of the molecule is CC(C)C(C)C(=O)N1CCC(CCCl)C1. The fourth-order valence-corrected chi connectivity index (χ4v) is 2.30. The number of rotatable bonds is 4. The molecule has 1 saturated heterocycles. The predicted molar refractivity (Wildman–Crippen MR) is 64.0 cm³/mol. The van der Waals surface area contributed by atoms with E-state index < -0.39 is 0 Å². The third-order valence-electron chi connectivity index (χ3n) is 3.50. The molecule has 2 atom stereocenters. The van der Waals surface area contributed by atoms with E-state index in [2.05, 4.69) is 13.8 Å². The van der Waals surface area contributed by atoms with Gasteiger partial charge in [-0.25, -0.2) is 0 Å². The summed E-state index contributed by atoms with van der Waals surface area (Å²) < 4.78 is 0. The Morgan fingerprint density at radius 1 is 1.47 bits per heavy atom. The van der Waals surface area contributed by atoms with E-state index in [0.29, 0.717) is 23.6 Å². The van der Waals surface area contributed by atoms with Gasteiger partial charge in [0.05, 0.1) is 0 Å². The van der Waals surface area contributed by atoms with Gasteiger partial charge in [0, 0.05) is 24.9 Å². The average molecular weight is 232 g/mol. The molecule has 1 aliphatic rings. The third-order valence-corrected chi connectivity index (χ3v) is 3.72. The van der Waals surface area contributed by atoms with Crippen LogP contribution in [-0.2, 0) is 4.79 Å². The van der Waals surface area contributed by atoms with Crippen LogP contribution in [0.2, 0.25) is 0 Å². The van der Waals surface area contributed by atoms with Crippen LogP contribution in [0, 0.1) is 17.8 Å². The van der Waals surface area contributed by atoms with E-state index in [1.165, 1.54) is 0 Å². The Hall–Kier alpha value is -0.240. The average Bonchev–Trinajstić information content (AvgIpc) is 2.64. The number of carbonyl (C=O) groups excluding carboxylic acids is 1. The Bertz CT molecular complexity index is 218. The second-order valence-corrected chi connectivity index (χ2v) is 5.33. The summed E-state index contributed by atoms with van der Waals surface area (Å²) in [6.07, 6.45) is 2.17. The van der Waals surface area contributed by atoms with E-state index in [4.69, 9.17) is 11.6 Å². The van der Waals surface area contributed by atoms with Gasteiger partial charge in [-0.1, -0.05) is 20.8 Å². The molecule has 1 aliphatic heterocycles. The smallest absolute Gasteiger partial charge is 0.225 e. The number of hydrogen-bond acceptors (Lipinski definition) is 1. The first-order chi connectivity index (χ1) is 7.06. The number of carbonyl (C=O) groups is 1. The van der Waals surface area contributed by atoms with Crippen LogP contribution in [-0.4, -0.2) is 29.8 Å². The summed E-state index contributed by atoms with van der Waals surface area (Å²) in [4.78, 5) is 14.0. The maximum Gasteiger partial charge on any atom is 0.225 e. The molecular formula is C12H22ClNO. The lowest BCUT2D eigenvalue weighted by molar-refractivity contribution is -0.135. The summed E-state index contributed by atoms with van der Waals surface area (Å²) in [5.74, 6) is 2.25. The molecule has 2 unspecified atom stereocenters. The van der Waals surface area contributed by atoms with Crippen molar-refractivity contribution in [2.45, 2.75) is 33.6 Å². The molecule has 88 valence electrons. The van der Waals surface area contributed by atoms with Gasteiger partial charge in [0.15, 0.2) is 0 Å². The second-order valence-electron chi connectivity index (χ2n) is 4.95. The number of hydrogen-bond donors (Lipinski definition) is 0. The highest BCUT2D eigenvalue weighted by atomic mass is 35.5. The van der Waals surface area contributed by atoms with Crippen molar-refractivity contribution in [1.29, 1.82) is 0 Å². The molecule has 0 saturated carbocycles. The summed E-state index contributed by atoms with van der Waals surface area (Å²) in [5.41, 5.74) is 0. The molecule has 0 N–H and O–H groups in total. The zero-order valence-electron chi connectivity index (χ0n) is 10.0. The molecule has 1 heterocycles. The molecule has 0 aromatic heterocycles. The minimum Gasteiger partial charge on any atom is -0.342 e. The number of halogens is 1. The normalized spacial score (nSPS) is 23.5. The molecule has 1 amide bonds. The van der Waals surface area contributed by atoms with E-state index in [1.807, 2.05) is 11.8 Å². The monoisotopic (exact) mass is 231 g/mol. The van der Waals surface area contributed by atoms with Crippen molar-refractivity contribution in [2.75, 3.05) is 19.0 Å². The third kappa shape index (κ3) is 3.37. The molecule has 1 fully saturated rings. The molecule has 2 nitrogen and oxygen atoms in total.